The average Bonchev–Trinajstić information content (AvgIpc) is 2.83. The number of nitrogens with zero attached hydrogens (tertiary/aromatic N) is 1. The molecule has 0 bridgehead atoms. The summed E-state index contributed by atoms with van der Waals surface area (Å²) in [6.45, 7) is 0.547. The molecule has 0 aromatic heterocycles. The van der Waals surface area contributed by atoms with Crippen LogP contribution in [0.25, 0.3) is 0 Å². The Hall–Kier alpha value is -3.35. The Morgan fingerprint density at radius 2 is 1.60 bits per heavy atom. The second-order valence-corrected chi connectivity index (χ2v) is 6.82. The van der Waals surface area contributed by atoms with Gasteiger partial charge in [0.1, 0.15) is 24.2 Å². The van der Waals surface area contributed by atoms with E-state index in [2.05, 4.69) is 0 Å². The minimum absolute atomic E-state index is 0.220. The predicted octanol–water partition coefficient (Wildman–Crippen LogP) is 4.25. The molecule has 1 amide bonds. The maximum atomic E-state index is 13.0. The maximum absolute atomic E-state index is 13.0. The number of hydroxylamine groups is 2. The molecule has 0 spiro atoms. The third-order valence-electron chi connectivity index (χ3n) is 4.72. The molecule has 0 aliphatic carbocycles. The molecule has 1 aliphatic heterocycles. The molecule has 1 saturated heterocycles. The molecule has 154 valence electrons. The zero-order valence-electron chi connectivity index (χ0n) is 16.6. The molecular formula is C24H23NO5. The van der Waals surface area contributed by atoms with Crippen LogP contribution in [0.5, 0.6) is 11.5 Å². The van der Waals surface area contributed by atoms with Crippen LogP contribution in [-0.2, 0) is 9.57 Å². The summed E-state index contributed by atoms with van der Waals surface area (Å²) >= 11 is 0. The zero-order valence-corrected chi connectivity index (χ0v) is 16.6. The largest absolute Gasteiger partial charge is 0.497 e. The van der Waals surface area contributed by atoms with Crippen molar-refractivity contribution in [3.8, 4) is 11.5 Å². The van der Waals surface area contributed by atoms with Crippen LogP contribution in [0, 0.1) is 0 Å². The molecule has 0 unspecified atom stereocenters. The highest BCUT2D eigenvalue weighted by atomic mass is 16.8. The molecule has 0 saturated carbocycles. The van der Waals surface area contributed by atoms with Crippen LogP contribution in [0.2, 0.25) is 0 Å². The van der Waals surface area contributed by atoms with Crippen molar-refractivity contribution in [2.75, 3.05) is 20.3 Å². The van der Waals surface area contributed by atoms with Gasteiger partial charge in [-0.2, -0.15) is 0 Å². The summed E-state index contributed by atoms with van der Waals surface area (Å²) in [6, 6.07) is 25.9. The summed E-state index contributed by atoms with van der Waals surface area (Å²) in [5, 5.41) is 1.35. The first-order valence-electron chi connectivity index (χ1n) is 9.74. The number of benzene rings is 3. The predicted molar refractivity (Wildman–Crippen MR) is 111 cm³/mol. The van der Waals surface area contributed by atoms with Crippen molar-refractivity contribution in [3.63, 3.8) is 0 Å². The number of hydrogen-bond acceptors (Lipinski definition) is 5. The van der Waals surface area contributed by atoms with Crippen LogP contribution in [0.3, 0.4) is 0 Å². The summed E-state index contributed by atoms with van der Waals surface area (Å²) in [7, 11) is 1.61. The van der Waals surface area contributed by atoms with E-state index in [1.54, 1.807) is 19.2 Å². The Kier molecular flexibility index (Phi) is 6.27. The van der Waals surface area contributed by atoms with E-state index in [1.807, 2.05) is 72.8 Å². The Balaban J connectivity index is 1.52. The van der Waals surface area contributed by atoms with Crippen LogP contribution in [0.1, 0.15) is 22.2 Å². The Morgan fingerprint density at radius 3 is 2.27 bits per heavy atom. The van der Waals surface area contributed by atoms with Crippen LogP contribution in [0.4, 0.5) is 0 Å². The Bertz CT molecular complexity index is 946. The number of rotatable bonds is 6. The van der Waals surface area contributed by atoms with E-state index in [1.165, 1.54) is 5.06 Å². The van der Waals surface area contributed by atoms with Crippen molar-refractivity contribution >= 4 is 5.91 Å². The first-order chi connectivity index (χ1) is 14.7. The Labute approximate surface area is 175 Å². The van der Waals surface area contributed by atoms with Crippen LogP contribution in [-0.4, -0.2) is 37.3 Å². The number of amides is 1. The van der Waals surface area contributed by atoms with Gasteiger partial charge in [-0.15, -0.1) is 0 Å². The molecule has 1 heterocycles. The maximum Gasteiger partial charge on any atom is 0.277 e. The van der Waals surface area contributed by atoms with E-state index in [-0.39, 0.29) is 18.6 Å². The highest BCUT2D eigenvalue weighted by Crippen LogP contribution is 2.29. The van der Waals surface area contributed by atoms with Crippen molar-refractivity contribution in [1.29, 1.82) is 0 Å². The van der Waals surface area contributed by atoms with Gasteiger partial charge in [0.05, 0.1) is 13.7 Å². The molecule has 0 N–H and O–H groups in total. The van der Waals surface area contributed by atoms with E-state index in [4.69, 9.17) is 19.0 Å². The fourth-order valence-corrected chi connectivity index (χ4v) is 3.14. The molecule has 1 fully saturated rings. The van der Waals surface area contributed by atoms with Crippen LogP contribution >= 0.6 is 0 Å². The van der Waals surface area contributed by atoms with Gasteiger partial charge in [-0.3, -0.25) is 4.79 Å². The van der Waals surface area contributed by atoms with Gasteiger partial charge >= 0.3 is 0 Å². The van der Waals surface area contributed by atoms with Gasteiger partial charge in [0.25, 0.3) is 5.91 Å². The molecular weight excluding hydrogens is 382 g/mol. The standard InChI is InChI=1S/C24H23NO5/c1-27-20-14-12-19(13-15-20)24-29-22(17-28-21-10-6-3-7-11-21)16-25(30-24)23(26)18-8-4-2-5-9-18/h2-15,22,24H,16-17H2,1H3/t22-,24-/m0/s1. The summed E-state index contributed by atoms with van der Waals surface area (Å²) in [6.07, 6.45) is -1.10. The summed E-state index contributed by atoms with van der Waals surface area (Å²) in [5.41, 5.74) is 1.33. The van der Waals surface area contributed by atoms with Crippen LogP contribution < -0.4 is 9.47 Å². The number of ether oxygens (including phenoxy) is 3. The van der Waals surface area contributed by atoms with Crippen molar-refractivity contribution < 1.29 is 23.8 Å². The highest BCUT2D eigenvalue weighted by Gasteiger charge is 2.33. The molecule has 2 atom stereocenters. The topological polar surface area (TPSA) is 57.2 Å². The van der Waals surface area contributed by atoms with Crippen molar-refractivity contribution in [1.82, 2.24) is 5.06 Å². The number of para-hydroxylation sites is 1. The average molecular weight is 405 g/mol. The second kappa shape index (κ2) is 9.43. The summed E-state index contributed by atoms with van der Waals surface area (Å²) < 4.78 is 17.2. The van der Waals surface area contributed by atoms with E-state index in [9.17, 15) is 4.79 Å². The van der Waals surface area contributed by atoms with Gasteiger partial charge in [0, 0.05) is 11.1 Å². The number of hydrogen-bond donors (Lipinski definition) is 0. The van der Waals surface area contributed by atoms with Crippen molar-refractivity contribution in [2.24, 2.45) is 0 Å². The molecule has 30 heavy (non-hydrogen) atoms. The fraction of sp³-hybridized carbons (Fsp3) is 0.208. The van der Waals surface area contributed by atoms with Crippen LogP contribution in [0.15, 0.2) is 84.9 Å². The first kappa shape index (κ1) is 19.9. The van der Waals surface area contributed by atoms with Crippen molar-refractivity contribution in [2.45, 2.75) is 12.4 Å². The summed E-state index contributed by atoms with van der Waals surface area (Å²) in [5.74, 6) is 1.26. The van der Waals surface area contributed by atoms with E-state index in [0.717, 1.165) is 17.1 Å². The lowest BCUT2D eigenvalue weighted by Crippen LogP contribution is -2.47. The lowest BCUT2D eigenvalue weighted by molar-refractivity contribution is -0.325. The van der Waals surface area contributed by atoms with Gasteiger partial charge in [0.2, 0.25) is 6.29 Å². The number of carbonyl (C=O) groups is 1. The van der Waals surface area contributed by atoms with Gasteiger partial charge < -0.3 is 14.2 Å². The molecule has 6 heteroatoms. The minimum Gasteiger partial charge on any atom is -0.497 e. The third kappa shape index (κ3) is 4.79. The van der Waals surface area contributed by atoms with E-state index in [0.29, 0.717) is 12.2 Å². The Morgan fingerprint density at radius 1 is 0.933 bits per heavy atom. The molecule has 0 radical (unpaired) electrons. The number of carbonyl (C=O) groups excluding carboxylic acids is 1. The normalized spacial score (nSPS) is 18.6. The highest BCUT2D eigenvalue weighted by molar-refractivity contribution is 5.93. The van der Waals surface area contributed by atoms with Gasteiger partial charge in [-0.25, -0.2) is 9.90 Å². The second-order valence-electron chi connectivity index (χ2n) is 6.82. The van der Waals surface area contributed by atoms with Gasteiger partial charge in [-0.05, 0) is 36.4 Å². The smallest absolute Gasteiger partial charge is 0.277 e. The quantitative estimate of drug-likeness (QED) is 0.614. The third-order valence-corrected chi connectivity index (χ3v) is 4.72. The molecule has 4 rings (SSSR count). The first-order valence-corrected chi connectivity index (χ1v) is 9.74. The zero-order chi connectivity index (χ0) is 20.8. The molecule has 6 nitrogen and oxygen atoms in total. The molecule has 3 aromatic carbocycles. The van der Waals surface area contributed by atoms with Gasteiger partial charge in [-0.1, -0.05) is 48.5 Å². The summed E-state index contributed by atoms with van der Waals surface area (Å²) in [4.78, 5) is 18.9. The molecule has 3 aromatic rings. The molecule has 1 aliphatic rings. The SMILES string of the molecule is COc1ccc([C@H]2O[C@H](COc3ccccc3)CN(C(=O)c3ccccc3)O2)cc1. The lowest BCUT2D eigenvalue weighted by atomic mass is 10.2. The number of methoxy groups -OCH3 is 1. The van der Waals surface area contributed by atoms with E-state index >= 15 is 0 Å². The minimum atomic E-state index is -0.735. The van der Waals surface area contributed by atoms with E-state index < -0.39 is 6.29 Å². The monoisotopic (exact) mass is 405 g/mol. The van der Waals surface area contributed by atoms with Crippen molar-refractivity contribution in [3.05, 3.63) is 96.1 Å². The lowest BCUT2D eigenvalue weighted by Gasteiger charge is -2.37. The van der Waals surface area contributed by atoms with Gasteiger partial charge in [0.15, 0.2) is 0 Å². The fourth-order valence-electron chi connectivity index (χ4n) is 3.14.